The first kappa shape index (κ1) is 21.3. The molecule has 0 bridgehead atoms. The Morgan fingerprint density at radius 1 is 1.11 bits per heavy atom. The first-order valence-corrected chi connectivity index (χ1v) is 10.4. The number of nitrogens with zero attached hydrogens (tertiary/aromatic N) is 2. The molecule has 0 radical (unpaired) electrons. The van der Waals surface area contributed by atoms with E-state index in [1.54, 1.807) is 20.0 Å². The molecule has 1 aliphatic heterocycles. The molecule has 0 N–H and O–H groups in total. The Kier molecular flexibility index (Phi) is 8.16. The molecule has 0 saturated carbocycles. The molecule has 27 heavy (non-hydrogen) atoms. The van der Waals surface area contributed by atoms with Crippen molar-refractivity contribution in [3.8, 4) is 0 Å². The van der Waals surface area contributed by atoms with Crippen molar-refractivity contribution in [1.82, 2.24) is 4.98 Å². The Labute approximate surface area is 164 Å². The van der Waals surface area contributed by atoms with Crippen LogP contribution in [0.3, 0.4) is 0 Å². The Hall–Kier alpha value is -2.02. The lowest BCUT2D eigenvalue weighted by Gasteiger charge is -2.30. The number of hydrogen-bond acceptors (Lipinski definition) is 7. The van der Waals surface area contributed by atoms with E-state index in [9.17, 15) is 9.59 Å². The summed E-state index contributed by atoms with van der Waals surface area (Å²) in [6.07, 6.45) is 5.15. The largest absolute Gasteiger partial charge is 0.465 e. The molecule has 2 unspecified atom stereocenters. The summed E-state index contributed by atoms with van der Waals surface area (Å²) in [6, 6.07) is 0. The molecular weight excluding hydrogens is 364 g/mol. The summed E-state index contributed by atoms with van der Waals surface area (Å²) in [5, 5.41) is 2.54. The molecule has 0 saturated heterocycles. The summed E-state index contributed by atoms with van der Waals surface area (Å²) in [4.78, 5) is 34.5. The Bertz CT molecular complexity index is 710. The predicted molar refractivity (Wildman–Crippen MR) is 106 cm³/mol. The zero-order chi connectivity index (χ0) is 19.8. The number of carbonyl (C=O) groups is 2. The molecule has 0 aromatic carbocycles. The number of allylic oxidation sites excluding steroid dienone is 1. The van der Waals surface area contributed by atoms with E-state index in [0.717, 1.165) is 25.7 Å². The van der Waals surface area contributed by atoms with Gasteiger partial charge in [-0.25, -0.2) is 9.78 Å². The van der Waals surface area contributed by atoms with Crippen LogP contribution in [0.4, 0.5) is 0 Å². The van der Waals surface area contributed by atoms with E-state index < -0.39 is 17.8 Å². The van der Waals surface area contributed by atoms with E-state index in [-0.39, 0.29) is 5.97 Å². The van der Waals surface area contributed by atoms with Crippen LogP contribution in [0.5, 0.6) is 0 Å². The maximum Gasteiger partial charge on any atom is 0.336 e. The second-order valence-corrected chi connectivity index (χ2v) is 7.51. The highest BCUT2D eigenvalue weighted by molar-refractivity contribution is 7.09. The number of rotatable bonds is 9. The summed E-state index contributed by atoms with van der Waals surface area (Å²) in [5.41, 5.74) is 1.62. The van der Waals surface area contributed by atoms with E-state index >= 15 is 0 Å². The summed E-state index contributed by atoms with van der Waals surface area (Å²) in [7, 11) is 0. The van der Waals surface area contributed by atoms with Crippen molar-refractivity contribution < 1.29 is 19.1 Å². The van der Waals surface area contributed by atoms with Crippen LogP contribution in [0.15, 0.2) is 27.8 Å². The van der Waals surface area contributed by atoms with Gasteiger partial charge in [0.05, 0.1) is 24.7 Å². The maximum atomic E-state index is 12.8. The third-order valence-electron chi connectivity index (χ3n) is 4.49. The fourth-order valence-corrected chi connectivity index (χ4v) is 3.84. The van der Waals surface area contributed by atoms with Crippen molar-refractivity contribution in [3.05, 3.63) is 27.9 Å². The van der Waals surface area contributed by atoms with Crippen molar-refractivity contribution in [1.29, 1.82) is 0 Å². The van der Waals surface area contributed by atoms with Crippen LogP contribution >= 0.6 is 11.3 Å². The van der Waals surface area contributed by atoms with E-state index in [0.29, 0.717) is 35.2 Å². The number of esters is 2. The number of aromatic nitrogens is 1. The van der Waals surface area contributed by atoms with Gasteiger partial charge in [0.25, 0.3) is 0 Å². The van der Waals surface area contributed by atoms with Gasteiger partial charge in [-0.1, -0.05) is 26.7 Å². The minimum atomic E-state index is -0.662. The van der Waals surface area contributed by atoms with Crippen molar-refractivity contribution in [2.24, 2.45) is 10.9 Å². The van der Waals surface area contributed by atoms with Crippen LogP contribution < -0.4 is 0 Å². The lowest BCUT2D eigenvalue weighted by molar-refractivity contribution is -0.147. The molecule has 7 heteroatoms. The molecule has 1 aromatic rings. The lowest BCUT2D eigenvalue weighted by atomic mass is 9.80. The van der Waals surface area contributed by atoms with E-state index in [1.165, 1.54) is 11.3 Å². The summed E-state index contributed by atoms with van der Waals surface area (Å²) in [5.74, 6) is -1.98. The second-order valence-electron chi connectivity index (χ2n) is 6.59. The van der Waals surface area contributed by atoms with Gasteiger partial charge < -0.3 is 9.47 Å². The highest BCUT2D eigenvalue weighted by atomic mass is 32.1. The maximum absolute atomic E-state index is 12.8. The zero-order valence-corrected chi connectivity index (χ0v) is 17.3. The van der Waals surface area contributed by atoms with E-state index in [2.05, 4.69) is 9.98 Å². The first-order valence-electron chi connectivity index (χ1n) is 9.50. The van der Waals surface area contributed by atoms with Gasteiger partial charge in [0.2, 0.25) is 0 Å². The van der Waals surface area contributed by atoms with E-state index in [4.69, 9.17) is 9.47 Å². The van der Waals surface area contributed by atoms with E-state index in [1.807, 2.05) is 19.2 Å². The summed E-state index contributed by atoms with van der Waals surface area (Å²) >= 11 is 1.42. The van der Waals surface area contributed by atoms with Crippen LogP contribution in [0, 0.1) is 5.92 Å². The van der Waals surface area contributed by atoms with Crippen LogP contribution in [-0.4, -0.2) is 35.8 Å². The molecule has 0 aliphatic carbocycles. The fraction of sp³-hybridized carbons (Fsp3) is 0.600. The molecule has 2 rings (SSSR count). The van der Waals surface area contributed by atoms with Gasteiger partial charge in [-0.2, -0.15) is 0 Å². The first-order chi connectivity index (χ1) is 13.0. The minimum absolute atomic E-state index is 0.352. The van der Waals surface area contributed by atoms with Gasteiger partial charge in [-0.3, -0.25) is 9.79 Å². The third kappa shape index (κ3) is 5.25. The van der Waals surface area contributed by atoms with Crippen molar-refractivity contribution >= 4 is 29.0 Å². The summed E-state index contributed by atoms with van der Waals surface area (Å²) < 4.78 is 10.9. The van der Waals surface area contributed by atoms with Gasteiger partial charge in [-0.05, 0) is 26.7 Å². The molecule has 1 aromatic heterocycles. The molecule has 2 heterocycles. The molecule has 2 atom stereocenters. The lowest BCUT2D eigenvalue weighted by Crippen LogP contribution is -2.36. The highest BCUT2D eigenvalue weighted by Crippen LogP contribution is 2.40. The van der Waals surface area contributed by atoms with Gasteiger partial charge in [0, 0.05) is 23.0 Å². The number of carbonyl (C=O) groups excluding carboxylic acids is 2. The molecule has 0 spiro atoms. The number of hydrogen-bond donors (Lipinski definition) is 0. The van der Waals surface area contributed by atoms with Gasteiger partial charge in [-0.15, -0.1) is 11.3 Å². The highest BCUT2D eigenvalue weighted by Gasteiger charge is 2.43. The normalized spacial score (nSPS) is 19.6. The van der Waals surface area contributed by atoms with Crippen LogP contribution in [-0.2, 0) is 19.1 Å². The fourth-order valence-electron chi connectivity index (χ4n) is 3.06. The second kappa shape index (κ2) is 10.3. The number of thiazole rings is 1. The monoisotopic (exact) mass is 392 g/mol. The Morgan fingerprint density at radius 3 is 2.37 bits per heavy atom. The SMILES string of the molecule is CCCCOC(=O)C1=C(C)N=C(C)C(C(=O)OCCCC)C1c1nccs1. The van der Waals surface area contributed by atoms with Gasteiger partial charge >= 0.3 is 11.9 Å². The predicted octanol–water partition coefficient (Wildman–Crippen LogP) is 4.28. The quantitative estimate of drug-likeness (QED) is 0.463. The van der Waals surface area contributed by atoms with Crippen LogP contribution in [0.25, 0.3) is 0 Å². The van der Waals surface area contributed by atoms with Crippen molar-refractivity contribution in [2.75, 3.05) is 13.2 Å². The molecule has 1 aliphatic rings. The number of ether oxygens (including phenoxy) is 2. The Morgan fingerprint density at radius 2 is 1.78 bits per heavy atom. The zero-order valence-electron chi connectivity index (χ0n) is 16.5. The molecule has 0 amide bonds. The standard InChI is InChI=1S/C20H28N2O4S/c1-5-7-10-25-19(23)15-13(3)22-14(4)16(20(24)26-11-8-6-2)17(15)18-21-9-12-27-18/h9,12,15,17H,5-8,10-11H2,1-4H3. The van der Waals surface area contributed by atoms with Crippen LogP contribution in [0.1, 0.15) is 64.3 Å². The van der Waals surface area contributed by atoms with Crippen molar-refractivity contribution in [2.45, 2.75) is 59.3 Å². The number of unbranched alkanes of at least 4 members (excludes halogenated alkanes) is 2. The average molecular weight is 393 g/mol. The topological polar surface area (TPSA) is 77.8 Å². The molecular formula is C20H28N2O4S. The third-order valence-corrected chi connectivity index (χ3v) is 5.35. The molecule has 6 nitrogen and oxygen atoms in total. The van der Waals surface area contributed by atoms with Gasteiger partial charge in [0.15, 0.2) is 0 Å². The smallest absolute Gasteiger partial charge is 0.336 e. The van der Waals surface area contributed by atoms with Crippen molar-refractivity contribution in [3.63, 3.8) is 0 Å². The van der Waals surface area contributed by atoms with Crippen LogP contribution in [0.2, 0.25) is 0 Å². The van der Waals surface area contributed by atoms with Gasteiger partial charge in [0.1, 0.15) is 10.9 Å². The minimum Gasteiger partial charge on any atom is -0.465 e. The molecule has 0 fully saturated rings. The average Bonchev–Trinajstić information content (AvgIpc) is 3.15. The number of aliphatic imine (C=N–C) groups is 1. The molecule has 148 valence electrons. The Balaban J connectivity index is 2.36. The summed E-state index contributed by atoms with van der Waals surface area (Å²) in [6.45, 7) is 8.37.